The van der Waals surface area contributed by atoms with Gasteiger partial charge in [-0.3, -0.25) is 23.5 Å². The lowest BCUT2D eigenvalue weighted by Crippen LogP contribution is -2.49. The van der Waals surface area contributed by atoms with Crippen LogP contribution in [0.4, 0.5) is 0 Å². The Balaban J connectivity index is 1.65. The Kier molecular flexibility index (Phi) is 5.23. The SMILES string of the molecule is CC(=O)NCC1CCC2(CCN(C(=O)c3cc(=O)n(C)c(=O)n3C)CC2)O1. The van der Waals surface area contributed by atoms with Crippen LogP contribution >= 0.6 is 0 Å². The molecule has 0 bridgehead atoms. The molecule has 1 aromatic heterocycles. The van der Waals surface area contributed by atoms with Crippen molar-refractivity contribution in [3.05, 3.63) is 32.6 Å². The average Bonchev–Trinajstić information content (AvgIpc) is 3.04. The molecule has 2 aliphatic rings. The van der Waals surface area contributed by atoms with E-state index in [1.807, 2.05) is 0 Å². The molecule has 2 saturated heterocycles. The highest BCUT2D eigenvalue weighted by atomic mass is 16.5. The van der Waals surface area contributed by atoms with Gasteiger partial charge < -0.3 is 15.0 Å². The van der Waals surface area contributed by atoms with Crippen LogP contribution in [0.25, 0.3) is 0 Å². The minimum absolute atomic E-state index is 0.00844. The molecule has 1 N–H and O–H groups in total. The Morgan fingerprint density at radius 3 is 2.48 bits per heavy atom. The molecule has 1 spiro atoms. The van der Waals surface area contributed by atoms with Gasteiger partial charge in [0.1, 0.15) is 5.69 Å². The largest absolute Gasteiger partial charge is 0.370 e. The van der Waals surface area contributed by atoms with Crippen LogP contribution in [0.1, 0.15) is 43.1 Å². The van der Waals surface area contributed by atoms with E-state index in [4.69, 9.17) is 4.74 Å². The molecular weight excluding hydrogens is 352 g/mol. The van der Waals surface area contributed by atoms with Gasteiger partial charge in [0.25, 0.3) is 11.5 Å². The molecule has 3 heterocycles. The molecule has 0 aromatic carbocycles. The van der Waals surface area contributed by atoms with E-state index in [-0.39, 0.29) is 29.2 Å². The molecule has 1 unspecified atom stereocenters. The van der Waals surface area contributed by atoms with Gasteiger partial charge in [0.2, 0.25) is 5.91 Å². The normalized spacial score (nSPS) is 21.4. The minimum atomic E-state index is -0.515. The van der Waals surface area contributed by atoms with E-state index < -0.39 is 11.2 Å². The van der Waals surface area contributed by atoms with Gasteiger partial charge in [-0.2, -0.15) is 0 Å². The highest BCUT2D eigenvalue weighted by Crippen LogP contribution is 2.38. The van der Waals surface area contributed by atoms with Crippen molar-refractivity contribution in [2.75, 3.05) is 19.6 Å². The summed E-state index contributed by atoms with van der Waals surface area (Å²) in [7, 11) is 2.88. The summed E-state index contributed by atoms with van der Waals surface area (Å²) in [6.07, 6.45) is 3.21. The summed E-state index contributed by atoms with van der Waals surface area (Å²) in [5.74, 6) is -0.380. The van der Waals surface area contributed by atoms with Crippen molar-refractivity contribution in [3.63, 3.8) is 0 Å². The zero-order chi connectivity index (χ0) is 19.8. The van der Waals surface area contributed by atoms with E-state index in [0.717, 1.165) is 17.4 Å². The highest BCUT2D eigenvalue weighted by Gasteiger charge is 2.43. The van der Waals surface area contributed by atoms with Crippen molar-refractivity contribution in [2.45, 2.75) is 44.3 Å². The van der Waals surface area contributed by atoms with Crippen molar-refractivity contribution in [2.24, 2.45) is 14.1 Å². The van der Waals surface area contributed by atoms with Crippen LogP contribution < -0.4 is 16.6 Å². The average molecular weight is 378 g/mol. The number of carbonyl (C=O) groups is 2. The van der Waals surface area contributed by atoms with Crippen LogP contribution in [0.5, 0.6) is 0 Å². The lowest BCUT2D eigenvalue weighted by atomic mass is 9.88. The third-order valence-electron chi connectivity index (χ3n) is 5.62. The lowest BCUT2D eigenvalue weighted by Gasteiger charge is -2.39. The van der Waals surface area contributed by atoms with E-state index >= 15 is 0 Å². The number of nitrogens with zero attached hydrogens (tertiary/aromatic N) is 3. The summed E-state index contributed by atoms with van der Waals surface area (Å²) in [5.41, 5.74) is -1.15. The fraction of sp³-hybridized carbons (Fsp3) is 0.667. The Bertz CT molecular complexity index is 863. The first-order valence-corrected chi connectivity index (χ1v) is 9.21. The summed E-state index contributed by atoms with van der Waals surface area (Å²) in [6.45, 7) is 3.01. The molecule has 0 radical (unpaired) electrons. The van der Waals surface area contributed by atoms with E-state index in [1.165, 1.54) is 31.7 Å². The molecule has 2 fully saturated rings. The Labute approximate surface area is 156 Å². The van der Waals surface area contributed by atoms with Crippen LogP contribution in [-0.2, 0) is 23.6 Å². The number of hydrogen-bond acceptors (Lipinski definition) is 5. The van der Waals surface area contributed by atoms with Crippen LogP contribution in [0.15, 0.2) is 15.7 Å². The zero-order valence-electron chi connectivity index (χ0n) is 16.0. The molecule has 0 saturated carbocycles. The van der Waals surface area contributed by atoms with Gasteiger partial charge in [-0.05, 0) is 25.7 Å². The van der Waals surface area contributed by atoms with E-state index in [2.05, 4.69) is 5.32 Å². The number of rotatable bonds is 3. The maximum atomic E-state index is 12.8. The molecule has 9 heteroatoms. The quantitative estimate of drug-likeness (QED) is 0.755. The number of carbonyl (C=O) groups excluding carboxylic acids is 2. The van der Waals surface area contributed by atoms with E-state index in [1.54, 1.807) is 4.90 Å². The molecule has 2 aliphatic heterocycles. The molecular formula is C18H26N4O5. The number of likely N-dealkylation sites (tertiary alicyclic amines) is 1. The number of amides is 2. The predicted molar refractivity (Wildman–Crippen MR) is 97.6 cm³/mol. The van der Waals surface area contributed by atoms with Crippen LogP contribution in [0, 0.1) is 0 Å². The fourth-order valence-corrected chi connectivity index (χ4v) is 3.88. The summed E-state index contributed by atoms with van der Waals surface area (Å²) < 4.78 is 8.38. The number of nitrogens with one attached hydrogen (secondary N) is 1. The van der Waals surface area contributed by atoms with Crippen molar-refractivity contribution in [1.29, 1.82) is 0 Å². The van der Waals surface area contributed by atoms with Crippen molar-refractivity contribution in [1.82, 2.24) is 19.4 Å². The molecule has 1 atom stereocenters. The maximum Gasteiger partial charge on any atom is 0.331 e. The Morgan fingerprint density at radius 2 is 1.85 bits per heavy atom. The topological polar surface area (TPSA) is 103 Å². The minimum Gasteiger partial charge on any atom is -0.370 e. The van der Waals surface area contributed by atoms with Gasteiger partial charge in [0.05, 0.1) is 11.7 Å². The summed E-state index contributed by atoms with van der Waals surface area (Å²) in [4.78, 5) is 49.5. The summed E-state index contributed by atoms with van der Waals surface area (Å²) >= 11 is 0. The first-order valence-electron chi connectivity index (χ1n) is 9.21. The van der Waals surface area contributed by atoms with Crippen molar-refractivity contribution >= 4 is 11.8 Å². The fourth-order valence-electron chi connectivity index (χ4n) is 3.88. The maximum absolute atomic E-state index is 12.8. The standard InChI is InChI=1S/C18H26N4O5/c1-12(23)19-11-13-4-5-18(27-13)6-8-22(9-7-18)16(25)14-10-15(24)21(3)17(26)20(14)2/h10,13H,4-9,11H2,1-3H3,(H,19,23). The van der Waals surface area contributed by atoms with Crippen molar-refractivity contribution in [3.8, 4) is 0 Å². The second kappa shape index (κ2) is 7.30. The van der Waals surface area contributed by atoms with Gasteiger partial charge >= 0.3 is 5.69 Å². The Morgan fingerprint density at radius 1 is 1.19 bits per heavy atom. The molecule has 2 amide bonds. The second-order valence-electron chi connectivity index (χ2n) is 7.46. The van der Waals surface area contributed by atoms with E-state index in [9.17, 15) is 19.2 Å². The number of aromatic nitrogens is 2. The third-order valence-corrected chi connectivity index (χ3v) is 5.62. The molecule has 148 valence electrons. The van der Waals surface area contributed by atoms with Gasteiger partial charge in [-0.1, -0.05) is 0 Å². The van der Waals surface area contributed by atoms with Gasteiger partial charge in [0.15, 0.2) is 0 Å². The number of piperidine rings is 1. The van der Waals surface area contributed by atoms with Crippen LogP contribution in [0.2, 0.25) is 0 Å². The van der Waals surface area contributed by atoms with Crippen LogP contribution in [-0.4, -0.2) is 57.2 Å². The number of hydrogen-bond donors (Lipinski definition) is 1. The molecule has 9 nitrogen and oxygen atoms in total. The first-order chi connectivity index (χ1) is 12.7. The number of ether oxygens (including phenoxy) is 1. The monoisotopic (exact) mass is 378 g/mol. The second-order valence-corrected chi connectivity index (χ2v) is 7.46. The predicted octanol–water partition coefficient (Wildman–Crippen LogP) is -0.626. The first kappa shape index (κ1) is 19.3. The van der Waals surface area contributed by atoms with Crippen molar-refractivity contribution < 1.29 is 14.3 Å². The Hall–Kier alpha value is -2.42. The smallest absolute Gasteiger partial charge is 0.331 e. The summed E-state index contributed by atoms with van der Waals surface area (Å²) in [5, 5.41) is 2.79. The van der Waals surface area contributed by atoms with E-state index in [0.29, 0.717) is 32.5 Å². The molecule has 0 aliphatic carbocycles. The zero-order valence-corrected chi connectivity index (χ0v) is 16.0. The van der Waals surface area contributed by atoms with Gasteiger partial charge in [-0.25, -0.2) is 4.79 Å². The molecule has 27 heavy (non-hydrogen) atoms. The van der Waals surface area contributed by atoms with Crippen LogP contribution in [0.3, 0.4) is 0 Å². The lowest BCUT2D eigenvalue weighted by molar-refractivity contribution is -0.120. The summed E-state index contributed by atoms with van der Waals surface area (Å²) in [6, 6.07) is 1.21. The van der Waals surface area contributed by atoms with Gasteiger partial charge in [-0.15, -0.1) is 0 Å². The molecule has 3 rings (SSSR count). The van der Waals surface area contributed by atoms with Gasteiger partial charge in [0, 0.05) is 46.7 Å². The highest BCUT2D eigenvalue weighted by molar-refractivity contribution is 5.92. The third kappa shape index (κ3) is 3.83. The molecule has 1 aromatic rings.